The number of likely N-dealkylation sites (N-methyl/N-ethyl adjacent to an activating group) is 1. The summed E-state index contributed by atoms with van der Waals surface area (Å²) in [5, 5.41) is 11.5. The first-order valence-electron chi connectivity index (χ1n) is 12.3. The summed E-state index contributed by atoms with van der Waals surface area (Å²) in [5.74, 6) is -1.25. The number of fused-ring (bicyclic) bond motifs is 1. The van der Waals surface area contributed by atoms with Gasteiger partial charge in [0, 0.05) is 25.2 Å². The molecule has 0 saturated heterocycles. The number of aliphatic hydroxyl groups excluding tert-OH is 1. The van der Waals surface area contributed by atoms with E-state index in [1.165, 1.54) is 48.3 Å². The molecule has 0 fully saturated rings. The highest BCUT2D eigenvalue weighted by molar-refractivity contribution is 7.94. The quantitative estimate of drug-likeness (QED) is 0.380. The van der Waals surface area contributed by atoms with Crippen LogP contribution in [0.3, 0.4) is 0 Å². The molecule has 40 heavy (non-hydrogen) atoms. The third-order valence-electron chi connectivity index (χ3n) is 6.64. The van der Waals surface area contributed by atoms with E-state index in [1.807, 2.05) is 6.92 Å². The maximum atomic E-state index is 13.6. The van der Waals surface area contributed by atoms with Crippen molar-refractivity contribution in [3.05, 3.63) is 71.4 Å². The molecular weight excluding hydrogens is 581 g/mol. The molecule has 3 atom stereocenters. The summed E-state index contributed by atoms with van der Waals surface area (Å²) in [5.41, 5.74) is 0.203. The van der Waals surface area contributed by atoms with E-state index in [2.05, 4.69) is 4.72 Å². The number of nitrogens with one attached hydrogen (secondary N) is 1. The standard InChI is InChI=1S/C26H30FN3O7S3/c1-17-14-30(18(2)16-31)26(32)22-13-20(28-39(33,34)25-5-4-12-38-25)8-11-23(22)37-24(17)15-29(3)40(35,36)21-9-6-19(27)7-10-21/h4-13,17-18,24,28,31H,14-16H2,1-3H3/t17-,18+,24+/m1/s1. The molecule has 0 unspecified atom stereocenters. The number of ether oxygens (including phenoxy) is 1. The van der Waals surface area contributed by atoms with Gasteiger partial charge in [-0.25, -0.2) is 21.2 Å². The van der Waals surface area contributed by atoms with Crippen LogP contribution in [0.25, 0.3) is 0 Å². The Kier molecular flexibility index (Phi) is 8.85. The van der Waals surface area contributed by atoms with Gasteiger partial charge in [0.05, 0.1) is 29.7 Å². The lowest BCUT2D eigenvalue weighted by Gasteiger charge is -2.38. The number of thiophene rings is 1. The third-order valence-corrected chi connectivity index (χ3v) is 11.3. The Balaban J connectivity index is 1.68. The van der Waals surface area contributed by atoms with Gasteiger partial charge in [-0.05, 0) is 60.8 Å². The van der Waals surface area contributed by atoms with Crippen molar-refractivity contribution >= 4 is 43.0 Å². The second kappa shape index (κ2) is 11.8. The monoisotopic (exact) mass is 611 g/mol. The number of amides is 1. The van der Waals surface area contributed by atoms with Crippen LogP contribution in [-0.2, 0) is 20.0 Å². The van der Waals surface area contributed by atoms with Gasteiger partial charge in [0.15, 0.2) is 0 Å². The second-order valence-corrected chi connectivity index (χ2v) is 14.5. The molecule has 4 rings (SSSR count). The van der Waals surface area contributed by atoms with Gasteiger partial charge >= 0.3 is 0 Å². The predicted molar refractivity (Wildman–Crippen MR) is 149 cm³/mol. The largest absolute Gasteiger partial charge is 0.488 e. The molecular formula is C26H30FN3O7S3. The molecule has 1 aliphatic heterocycles. The van der Waals surface area contributed by atoms with Crippen molar-refractivity contribution < 1.29 is 35.9 Å². The highest BCUT2D eigenvalue weighted by atomic mass is 32.2. The molecule has 10 nitrogen and oxygen atoms in total. The van der Waals surface area contributed by atoms with Crippen LogP contribution in [0.4, 0.5) is 10.1 Å². The average molecular weight is 612 g/mol. The molecule has 2 N–H and O–H groups in total. The van der Waals surface area contributed by atoms with Crippen molar-refractivity contribution in [1.82, 2.24) is 9.21 Å². The van der Waals surface area contributed by atoms with Gasteiger partial charge in [0.2, 0.25) is 10.0 Å². The highest BCUT2D eigenvalue weighted by Gasteiger charge is 2.35. The first kappa shape index (κ1) is 29.9. The SMILES string of the molecule is C[C@@H]1CN([C@@H](C)CO)C(=O)c2cc(NS(=O)(=O)c3cccs3)ccc2O[C@H]1CN(C)S(=O)(=O)c1ccc(F)cc1. The van der Waals surface area contributed by atoms with E-state index in [9.17, 15) is 31.1 Å². The van der Waals surface area contributed by atoms with Crippen LogP contribution in [0.15, 0.2) is 69.1 Å². The van der Waals surface area contributed by atoms with Gasteiger partial charge in [-0.15, -0.1) is 11.3 Å². The van der Waals surface area contributed by atoms with Crippen molar-refractivity contribution in [2.24, 2.45) is 5.92 Å². The van der Waals surface area contributed by atoms with E-state index in [0.717, 1.165) is 27.8 Å². The van der Waals surface area contributed by atoms with Gasteiger partial charge in [0.25, 0.3) is 15.9 Å². The van der Waals surface area contributed by atoms with Crippen LogP contribution in [0.5, 0.6) is 5.75 Å². The van der Waals surface area contributed by atoms with Gasteiger partial charge in [-0.3, -0.25) is 9.52 Å². The van der Waals surface area contributed by atoms with Crippen molar-refractivity contribution in [2.45, 2.75) is 35.1 Å². The first-order chi connectivity index (χ1) is 18.8. The molecule has 0 saturated carbocycles. The number of carbonyl (C=O) groups excluding carboxylic acids is 1. The molecule has 14 heteroatoms. The molecule has 2 aromatic carbocycles. The lowest BCUT2D eigenvalue weighted by atomic mass is 9.99. The van der Waals surface area contributed by atoms with Crippen LogP contribution in [0, 0.1) is 11.7 Å². The van der Waals surface area contributed by atoms with E-state index >= 15 is 0 Å². The number of benzene rings is 2. The van der Waals surface area contributed by atoms with Crippen LogP contribution < -0.4 is 9.46 Å². The average Bonchev–Trinajstić information content (AvgIpc) is 3.47. The molecule has 1 aromatic heterocycles. The normalized spacial score (nSPS) is 18.9. The Labute approximate surface area is 237 Å². The lowest BCUT2D eigenvalue weighted by Crippen LogP contribution is -2.50. The Morgan fingerprint density at radius 3 is 2.50 bits per heavy atom. The third kappa shape index (κ3) is 6.31. The van der Waals surface area contributed by atoms with Gasteiger partial charge in [0.1, 0.15) is 21.9 Å². The Morgan fingerprint density at radius 2 is 1.88 bits per heavy atom. The number of halogens is 1. The zero-order valence-electron chi connectivity index (χ0n) is 22.0. The minimum atomic E-state index is -3.98. The number of aliphatic hydroxyl groups is 1. The van der Waals surface area contributed by atoms with Crippen molar-refractivity contribution in [1.29, 1.82) is 0 Å². The summed E-state index contributed by atoms with van der Waals surface area (Å²) in [4.78, 5) is 15.0. The Bertz CT molecular complexity index is 1560. The molecule has 0 aliphatic carbocycles. The molecule has 0 spiro atoms. The molecule has 1 amide bonds. The summed E-state index contributed by atoms with van der Waals surface area (Å²) in [7, 11) is -6.48. The number of rotatable bonds is 9. The molecule has 0 radical (unpaired) electrons. The van der Waals surface area contributed by atoms with E-state index in [-0.39, 0.29) is 51.7 Å². The summed E-state index contributed by atoms with van der Waals surface area (Å²) in [6.45, 7) is 3.21. The van der Waals surface area contributed by atoms with E-state index in [4.69, 9.17) is 4.74 Å². The molecule has 1 aliphatic rings. The van der Waals surface area contributed by atoms with Gasteiger partial charge in [-0.2, -0.15) is 4.31 Å². The van der Waals surface area contributed by atoms with Crippen molar-refractivity contribution in [3.63, 3.8) is 0 Å². The number of sulfonamides is 2. The summed E-state index contributed by atoms with van der Waals surface area (Å²) < 4.78 is 75.1. The maximum absolute atomic E-state index is 13.6. The maximum Gasteiger partial charge on any atom is 0.271 e. The molecule has 216 valence electrons. The summed E-state index contributed by atoms with van der Waals surface area (Å²) in [6, 6.07) is 11.3. The Hall–Kier alpha value is -3.04. The topological polar surface area (TPSA) is 133 Å². The van der Waals surface area contributed by atoms with Gasteiger partial charge < -0.3 is 14.7 Å². The van der Waals surface area contributed by atoms with E-state index in [1.54, 1.807) is 18.4 Å². The van der Waals surface area contributed by atoms with Crippen LogP contribution >= 0.6 is 11.3 Å². The van der Waals surface area contributed by atoms with Crippen LogP contribution in [0.2, 0.25) is 0 Å². The summed E-state index contributed by atoms with van der Waals surface area (Å²) >= 11 is 1.05. The van der Waals surface area contributed by atoms with Gasteiger partial charge in [-0.1, -0.05) is 13.0 Å². The smallest absolute Gasteiger partial charge is 0.271 e. The summed E-state index contributed by atoms with van der Waals surface area (Å²) in [6.07, 6.45) is -0.728. The zero-order chi connectivity index (χ0) is 29.2. The number of carbonyl (C=O) groups is 1. The van der Waals surface area contributed by atoms with E-state index < -0.39 is 43.9 Å². The lowest BCUT2D eigenvalue weighted by molar-refractivity contribution is 0.0387. The minimum absolute atomic E-state index is 0.0626. The number of hydrogen-bond donors (Lipinski definition) is 2. The predicted octanol–water partition coefficient (Wildman–Crippen LogP) is 3.23. The van der Waals surface area contributed by atoms with Crippen molar-refractivity contribution in [3.8, 4) is 5.75 Å². The molecule has 3 aromatic rings. The van der Waals surface area contributed by atoms with Crippen molar-refractivity contribution in [2.75, 3.05) is 31.5 Å². The Morgan fingerprint density at radius 1 is 1.18 bits per heavy atom. The fourth-order valence-electron chi connectivity index (χ4n) is 4.26. The second-order valence-electron chi connectivity index (χ2n) is 9.61. The molecule has 0 bridgehead atoms. The highest BCUT2D eigenvalue weighted by Crippen LogP contribution is 2.32. The van der Waals surface area contributed by atoms with Crippen LogP contribution in [-0.4, -0.2) is 75.9 Å². The first-order valence-corrected chi connectivity index (χ1v) is 16.1. The van der Waals surface area contributed by atoms with Crippen LogP contribution in [0.1, 0.15) is 24.2 Å². The zero-order valence-corrected chi connectivity index (χ0v) is 24.5. The fourth-order valence-corrected chi connectivity index (χ4v) is 7.49. The molecule has 2 heterocycles. The number of hydrogen-bond acceptors (Lipinski definition) is 8. The minimum Gasteiger partial charge on any atom is -0.488 e. The fraction of sp³-hybridized carbons (Fsp3) is 0.346. The van der Waals surface area contributed by atoms with E-state index in [0.29, 0.717) is 0 Å². The number of nitrogens with zero attached hydrogens (tertiary/aromatic N) is 2. The number of anilines is 1.